The summed E-state index contributed by atoms with van der Waals surface area (Å²) in [5.41, 5.74) is 9.95. The second-order valence-electron chi connectivity index (χ2n) is 5.23. The lowest BCUT2D eigenvalue weighted by atomic mass is 9.34. The van der Waals surface area contributed by atoms with E-state index in [2.05, 4.69) is 25.9 Å². The van der Waals surface area contributed by atoms with Crippen molar-refractivity contribution in [3.8, 4) is 0 Å². The van der Waals surface area contributed by atoms with E-state index in [-0.39, 0.29) is 35.5 Å². The van der Waals surface area contributed by atoms with E-state index in [1.807, 2.05) is 0 Å². The van der Waals surface area contributed by atoms with Crippen molar-refractivity contribution in [1.29, 1.82) is 0 Å². The molecule has 3 saturated carbocycles. The van der Waals surface area contributed by atoms with Crippen LogP contribution in [-0.2, 0) is 5.41 Å². The average molecular weight is 323 g/mol. The standard InChI is InChI=1S/C10H10BrF3N4/c11-7-17-5(4(15)6(16)18-7)8-1-9(2-8,3-8)10(12,13)14/h1-3,15H2,(H2,16,17,18). The van der Waals surface area contributed by atoms with Crippen LogP contribution in [-0.4, -0.2) is 16.1 Å². The average Bonchev–Trinajstić information content (AvgIpc) is 2.05. The number of rotatable bonds is 1. The highest BCUT2D eigenvalue weighted by atomic mass is 79.9. The molecular weight excluding hydrogens is 313 g/mol. The lowest BCUT2D eigenvalue weighted by Crippen LogP contribution is -2.70. The summed E-state index contributed by atoms with van der Waals surface area (Å²) < 4.78 is 38.6. The fourth-order valence-corrected chi connectivity index (χ4v) is 3.57. The van der Waals surface area contributed by atoms with E-state index in [4.69, 9.17) is 11.5 Å². The zero-order valence-electron chi connectivity index (χ0n) is 9.18. The van der Waals surface area contributed by atoms with E-state index < -0.39 is 17.0 Å². The van der Waals surface area contributed by atoms with Gasteiger partial charge < -0.3 is 11.5 Å². The Balaban J connectivity index is 1.94. The molecule has 0 amide bonds. The Labute approximate surface area is 109 Å². The molecule has 4 N–H and O–H groups in total. The molecule has 1 aromatic rings. The van der Waals surface area contributed by atoms with Gasteiger partial charge in [-0.1, -0.05) is 0 Å². The van der Waals surface area contributed by atoms with Crippen molar-refractivity contribution in [1.82, 2.24) is 9.97 Å². The third-order valence-electron chi connectivity index (χ3n) is 4.08. The second-order valence-corrected chi connectivity index (χ2v) is 5.94. The molecule has 0 aliphatic heterocycles. The Morgan fingerprint density at radius 1 is 1.11 bits per heavy atom. The van der Waals surface area contributed by atoms with Crippen LogP contribution in [0.3, 0.4) is 0 Å². The van der Waals surface area contributed by atoms with Gasteiger partial charge in [0.05, 0.1) is 16.8 Å². The highest BCUT2D eigenvalue weighted by molar-refractivity contribution is 9.10. The first kappa shape index (κ1) is 12.0. The monoisotopic (exact) mass is 322 g/mol. The predicted molar refractivity (Wildman–Crippen MR) is 62.6 cm³/mol. The molecule has 1 aromatic heterocycles. The first-order valence-electron chi connectivity index (χ1n) is 5.35. The Morgan fingerprint density at radius 2 is 1.67 bits per heavy atom. The molecule has 0 spiro atoms. The van der Waals surface area contributed by atoms with Crippen molar-refractivity contribution in [3.05, 3.63) is 10.4 Å². The highest BCUT2D eigenvalue weighted by Gasteiger charge is 2.79. The molecule has 4 rings (SSSR count). The van der Waals surface area contributed by atoms with Gasteiger partial charge >= 0.3 is 6.18 Å². The van der Waals surface area contributed by atoms with Crippen molar-refractivity contribution in [3.63, 3.8) is 0 Å². The van der Waals surface area contributed by atoms with Crippen LogP contribution >= 0.6 is 15.9 Å². The minimum absolute atomic E-state index is 0.0522. The molecule has 0 radical (unpaired) electrons. The van der Waals surface area contributed by atoms with E-state index in [0.717, 1.165) is 0 Å². The summed E-state index contributed by atoms with van der Waals surface area (Å²) >= 11 is 3.08. The third-order valence-corrected chi connectivity index (χ3v) is 4.44. The fraction of sp³-hybridized carbons (Fsp3) is 0.600. The summed E-state index contributed by atoms with van der Waals surface area (Å²) in [6.07, 6.45) is -3.98. The summed E-state index contributed by atoms with van der Waals surface area (Å²) in [5, 5.41) is 0. The summed E-state index contributed by atoms with van der Waals surface area (Å²) in [6.45, 7) is 0. The molecular formula is C10H10BrF3N4. The van der Waals surface area contributed by atoms with E-state index in [1.165, 1.54) is 0 Å². The molecule has 3 fully saturated rings. The smallest absolute Gasteiger partial charge is 0.394 e. The zero-order chi connectivity index (χ0) is 13.3. The lowest BCUT2D eigenvalue weighted by molar-refractivity contribution is -0.337. The summed E-state index contributed by atoms with van der Waals surface area (Å²) in [5.74, 6) is 0.109. The first-order chi connectivity index (χ1) is 8.19. The molecule has 8 heteroatoms. The molecule has 98 valence electrons. The van der Waals surface area contributed by atoms with Gasteiger partial charge in [0, 0.05) is 5.41 Å². The number of aromatic nitrogens is 2. The predicted octanol–water partition coefficient (Wildman–Crippen LogP) is 2.39. The van der Waals surface area contributed by atoms with Crippen LogP contribution < -0.4 is 11.5 Å². The van der Waals surface area contributed by atoms with Crippen LogP contribution in [0.25, 0.3) is 0 Å². The number of anilines is 2. The topological polar surface area (TPSA) is 77.8 Å². The van der Waals surface area contributed by atoms with E-state index in [1.54, 1.807) is 0 Å². The number of nitrogens with zero attached hydrogens (tertiary/aromatic N) is 2. The van der Waals surface area contributed by atoms with Crippen LogP contribution in [0.2, 0.25) is 0 Å². The van der Waals surface area contributed by atoms with Crippen molar-refractivity contribution < 1.29 is 13.2 Å². The molecule has 1 heterocycles. The van der Waals surface area contributed by atoms with E-state index in [0.29, 0.717) is 5.69 Å². The zero-order valence-corrected chi connectivity index (χ0v) is 10.8. The molecule has 3 aliphatic carbocycles. The molecule has 3 aliphatic rings. The summed E-state index contributed by atoms with van der Waals surface area (Å²) in [7, 11) is 0. The normalized spacial score (nSPS) is 33.8. The summed E-state index contributed by atoms with van der Waals surface area (Å²) in [4.78, 5) is 7.94. The molecule has 0 atom stereocenters. The molecule has 0 saturated heterocycles. The molecule has 0 unspecified atom stereocenters. The first-order valence-corrected chi connectivity index (χ1v) is 6.14. The Hall–Kier alpha value is -1.05. The van der Waals surface area contributed by atoms with Crippen LogP contribution in [0.4, 0.5) is 24.7 Å². The summed E-state index contributed by atoms with van der Waals surface area (Å²) in [6, 6.07) is 0. The van der Waals surface area contributed by atoms with Crippen LogP contribution in [0.5, 0.6) is 0 Å². The maximum Gasteiger partial charge on any atom is 0.394 e. The fourth-order valence-electron chi connectivity index (χ4n) is 3.20. The molecule has 18 heavy (non-hydrogen) atoms. The van der Waals surface area contributed by atoms with Gasteiger partial charge in [0.1, 0.15) is 0 Å². The SMILES string of the molecule is Nc1nc(Br)nc(C23CC(C(F)(F)F)(C2)C3)c1N. The quantitative estimate of drug-likeness (QED) is 0.778. The van der Waals surface area contributed by atoms with Crippen molar-refractivity contribution >= 4 is 27.4 Å². The van der Waals surface area contributed by atoms with Gasteiger partial charge in [0.15, 0.2) is 10.6 Å². The van der Waals surface area contributed by atoms with E-state index in [9.17, 15) is 13.2 Å². The maximum atomic E-state index is 12.8. The Bertz CT molecular complexity index is 523. The van der Waals surface area contributed by atoms with E-state index >= 15 is 0 Å². The molecule has 0 aromatic carbocycles. The Morgan fingerprint density at radius 3 is 2.17 bits per heavy atom. The number of halogens is 4. The van der Waals surface area contributed by atoms with Gasteiger partial charge in [-0.25, -0.2) is 9.97 Å². The van der Waals surface area contributed by atoms with Crippen LogP contribution in [0.1, 0.15) is 25.0 Å². The van der Waals surface area contributed by atoms with Crippen LogP contribution in [0, 0.1) is 5.41 Å². The van der Waals surface area contributed by atoms with Gasteiger partial charge in [0.2, 0.25) is 0 Å². The maximum absolute atomic E-state index is 12.8. The highest BCUT2D eigenvalue weighted by Crippen LogP contribution is 2.78. The number of nitrogens with two attached hydrogens (primary N) is 2. The molecule has 2 bridgehead atoms. The van der Waals surface area contributed by atoms with Gasteiger partial charge in [-0.05, 0) is 35.2 Å². The number of hydrogen-bond donors (Lipinski definition) is 2. The Kier molecular flexibility index (Phi) is 2.06. The van der Waals surface area contributed by atoms with Gasteiger partial charge in [0.25, 0.3) is 0 Å². The third kappa shape index (κ3) is 1.27. The number of alkyl halides is 3. The largest absolute Gasteiger partial charge is 0.394 e. The van der Waals surface area contributed by atoms with Crippen molar-refractivity contribution in [2.45, 2.75) is 30.9 Å². The van der Waals surface area contributed by atoms with Gasteiger partial charge in [-0.2, -0.15) is 13.2 Å². The number of hydrogen-bond acceptors (Lipinski definition) is 4. The second kappa shape index (κ2) is 3.09. The minimum Gasteiger partial charge on any atom is -0.394 e. The van der Waals surface area contributed by atoms with Gasteiger partial charge in [-0.15, -0.1) is 0 Å². The lowest BCUT2D eigenvalue weighted by Gasteiger charge is -2.70. The minimum atomic E-state index is -4.14. The van der Waals surface area contributed by atoms with Crippen LogP contribution in [0.15, 0.2) is 4.73 Å². The molecule has 4 nitrogen and oxygen atoms in total. The van der Waals surface area contributed by atoms with Crippen molar-refractivity contribution in [2.24, 2.45) is 5.41 Å². The van der Waals surface area contributed by atoms with Gasteiger partial charge in [-0.3, -0.25) is 0 Å². The van der Waals surface area contributed by atoms with Crippen molar-refractivity contribution in [2.75, 3.05) is 11.5 Å². The number of nitrogen functional groups attached to an aromatic ring is 2.